The van der Waals surface area contributed by atoms with E-state index in [9.17, 15) is 9.59 Å². The number of hydrogen-bond donors (Lipinski definition) is 0. The summed E-state index contributed by atoms with van der Waals surface area (Å²) in [6.45, 7) is 0. The van der Waals surface area contributed by atoms with Gasteiger partial charge in [-0.2, -0.15) is 0 Å². The van der Waals surface area contributed by atoms with Gasteiger partial charge in [-0.25, -0.2) is 23.5 Å². The summed E-state index contributed by atoms with van der Waals surface area (Å²) in [5, 5.41) is 0. The van der Waals surface area contributed by atoms with Crippen LogP contribution in [-0.4, -0.2) is 13.9 Å². The van der Waals surface area contributed by atoms with Gasteiger partial charge in [-0.05, 0) is 18.6 Å². The van der Waals surface area contributed by atoms with Crippen LogP contribution in [0, 0.1) is 0 Å². The molecule has 0 N–H and O–H groups in total. The molecule has 0 saturated carbocycles. The van der Waals surface area contributed by atoms with Crippen molar-refractivity contribution in [3.05, 3.63) is 63.5 Å². The maximum absolute atomic E-state index is 12.3. The lowest BCUT2D eigenvalue weighted by molar-refractivity contribution is 0.505. The van der Waals surface area contributed by atoms with Crippen LogP contribution in [0.4, 0.5) is 0 Å². The summed E-state index contributed by atoms with van der Waals surface area (Å²) in [6, 6.07) is 9.13. The Bertz CT molecular complexity index is 720. The summed E-state index contributed by atoms with van der Waals surface area (Å²) in [7, 11) is 0. The van der Waals surface area contributed by atoms with E-state index in [4.69, 9.17) is 0 Å². The van der Waals surface area contributed by atoms with Crippen molar-refractivity contribution in [1.82, 2.24) is 13.9 Å². The van der Waals surface area contributed by atoms with Gasteiger partial charge in [-0.1, -0.05) is 30.4 Å². The number of benzene rings is 1. The Kier molecular flexibility index (Phi) is 1.69. The molecule has 2 heterocycles. The number of hydrogen-bond acceptors (Lipinski definition) is 2. The normalized spacial score (nSPS) is 23.6. The van der Waals surface area contributed by atoms with Gasteiger partial charge in [0.15, 0.2) is 0 Å². The van der Waals surface area contributed by atoms with E-state index in [-0.39, 0.29) is 23.5 Å². The van der Waals surface area contributed by atoms with Gasteiger partial charge in [-0.15, -0.1) is 0 Å². The van der Waals surface area contributed by atoms with Crippen molar-refractivity contribution in [2.75, 3.05) is 0 Å². The maximum Gasteiger partial charge on any atom is 0.352 e. The van der Waals surface area contributed by atoms with Gasteiger partial charge >= 0.3 is 11.4 Å². The molecular formula is C13H11N3O2. The average molecular weight is 241 g/mol. The minimum Gasteiger partial charge on any atom is -0.245 e. The molecule has 5 nitrogen and oxygen atoms in total. The lowest BCUT2D eigenvalue weighted by Crippen LogP contribution is -2.28. The molecular weight excluding hydrogens is 230 g/mol. The van der Waals surface area contributed by atoms with Crippen LogP contribution in [0.25, 0.3) is 5.69 Å². The van der Waals surface area contributed by atoms with Crippen molar-refractivity contribution in [2.24, 2.45) is 0 Å². The molecule has 0 spiro atoms. The Hall–Kier alpha value is -2.30. The summed E-state index contributed by atoms with van der Waals surface area (Å²) in [4.78, 5) is 24.7. The SMILES string of the molecule is O=c1n(-c2ccccc2)c(=O)n2n1[C@@H]1C=C[C@H]2C1. The second-order valence-corrected chi connectivity index (χ2v) is 4.68. The highest BCUT2D eigenvalue weighted by Gasteiger charge is 2.37. The second-order valence-electron chi connectivity index (χ2n) is 4.68. The van der Waals surface area contributed by atoms with E-state index in [0.29, 0.717) is 5.69 Å². The molecule has 5 heteroatoms. The second kappa shape index (κ2) is 3.13. The molecule has 1 aromatic carbocycles. The molecule has 2 bridgehead atoms. The smallest absolute Gasteiger partial charge is 0.245 e. The van der Waals surface area contributed by atoms with Gasteiger partial charge in [0, 0.05) is 0 Å². The number of allylic oxidation sites excluding steroid dienone is 2. The Morgan fingerprint density at radius 3 is 2.00 bits per heavy atom. The van der Waals surface area contributed by atoms with Crippen LogP contribution in [0.1, 0.15) is 18.5 Å². The monoisotopic (exact) mass is 241 g/mol. The number of nitrogens with zero attached hydrogens (tertiary/aromatic N) is 3. The fraction of sp³-hybridized carbons (Fsp3) is 0.231. The lowest BCUT2D eigenvalue weighted by atomic mass is 10.2. The van der Waals surface area contributed by atoms with E-state index < -0.39 is 0 Å². The first-order chi connectivity index (χ1) is 8.77. The predicted molar refractivity (Wildman–Crippen MR) is 66.1 cm³/mol. The molecule has 2 aliphatic rings. The fourth-order valence-electron chi connectivity index (χ4n) is 2.90. The van der Waals surface area contributed by atoms with Crippen molar-refractivity contribution in [1.29, 1.82) is 0 Å². The number of rotatable bonds is 1. The van der Waals surface area contributed by atoms with E-state index in [0.717, 1.165) is 6.42 Å². The number of fused-ring (bicyclic) bond motifs is 5. The summed E-state index contributed by atoms with van der Waals surface area (Å²) in [5.74, 6) is 0. The molecule has 18 heavy (non-hydrogen) atoms. The Morgan fingerprint density at radius 2 is 1.44 bits per heavy atom. The molecule has 2 atom stereocenters. The molecule has 4 rings (SSSR count). The van der Waals surface area contributed by atoms with Crippen LogP contribution in [-0.2, 0) is 0 Å². The summed E-state index contributed by atoms with van der Waals surface area (Å²) in [5.41, 5.74) is 0.132. The Morgan fingerprint density at radius 1 is 0.889 bits per heavy atom. The molecule has 1 aliphatic heterocycles. The first-order valence-electron chi connectivity index (χ1n) is 5.97. The van der Waals surface area contributed by atoms with E-state index in [2.05, 4.69) is 0 Å². The predicted octanol–water partition coefficient (Wildman–Crippen LogP) is 0.856. The van der Waals surface area contributed by atoms with Crippen LogP contribution < -0.4 is 11.4 Å². The van der Waals surface area contributed by atoms with Crippen molar-refractivity contribution >= 4 is 0 Å². The molecule has 2 aromatic rings. The molecule has 0 saturated heterocycles. The van der Waals surface area contributed by atoms with Gasteiger partial charge < -0.3 is 0 Å². The van der Waals surface area contributed by atoms with E-state index in [1.54, 1.807) is 21.5 Å². The van der Waals surface area contributed by atoms with Crippen molar-refractivity contribution < 1.29 is 0 Å². The van der Waals surface area contributed by atoms with Crippen LogP contribution in [0.2, 0.25) is 0 Å². The first kappa shape index (κ1) is 9.70. The summed E-state index contributed by atoms with van der Waals surface area (Å²) >= 11 is 0. The van der Waals surface area contributed by atoms with Crippen molar-refractivity contribution in [2.45, 2.75) is 18.5 Å². The van der Waals surface area contributed by atoms with Crippen molar-refractivity contribution in [3.63, 3.8) is 0 Å². The lowest BCUT2D eigenvalue weighted by Gasteiger charge is -2.07. The third-order valence-corrected chi connectivity index (χ3v) is 3.69. The zero-order valence-electron chi connectivity index (χ0n) is 9.56. The zero-order valence-corrected chi connectivity index (χ0v) is 9.56. The molecule has 0 radical (unpaired) electrons. The van der Waals surface area contributed by atoms with E-state index >= 15 is 0 Å². The summed E-state index contributed by atoms with van der Waals surface area (Å²) < 4.78 is 4.38. The quantitative estimate of drug-likeness (QED) is 0.695. The van der Waals surface area contributed by atoms with Gasteiger partial charge in [0.05, 0.1) is 17.8 Å². The minimum atomic E-state index is -0.247. The highest BCUT2D eigenvalue weighted by molar-refractivity contribution is 5.31. The van der Waals surface area contributed by atoms with Crippen molar-refractivity contribution in [3.8, 4) is 5.69 Å². The standard InChI is InChI=1S/C13H11N3O2/c17-12-14(9-4-2-1-3-5-9)13(18)16-11-7-6-10(8-11)15(12)16/h1-7,10-11H,8H2/t10-,11+. The minimum absolute atomic E-state index is 0.0418. The van der Waals surface area contributed by atoms with Crippen LogP contribution in [0.15, 0.2) is 52.1 Å². The maximum atomic E-state index is 12.3. The average Bonchev–Trinajstić information content (AvgIpc) is 3.05. The van der Waals surface area contributed by atoms with Crippen LogP contribution >= 0.6 is 0 Å². The van der Waals surface area contributed by atoms with E-state index in [1.807, 2.05) is 30.4 Å². The summed E-state index contributed by atoms with van der Waals surface area (Å²) in [6.07, 6.45) is 4.84. The van der Waals surface area contributed by atoms with Gasteiger partial charge in [0.25, 0.3) is 0 Å². The van der Waals surface area contributed by atoms with E-state index in [1.165, 1.54) is 4.57 Å². The zero-order chi connectivity index (χ0) is 12.3. The molecule has 0 unspecified atom stereocenters. The topological polar surface area (TPSA) is 48.9 Å². The molecule has 0 fully saturated rings. The Balaban J connectivity index is 2.05. The van der Waals surface area contributed by atoms with Crippen LogP contribution in [0.5, 0.6) is 0 Å². The largest absolute Gasteiger partial charge is 0.352 e. The van der Waals surface area contributed by atoms with Gasteiger partial charge in [0.2, 0.25) is 0 Å². The molecule has 1 aliphatic carbocycles. The first-order valence-corrected chi connectivity index (χ1v) is 5.97. The molecule has 90 valence electrons. The van der Waals surface area contributed by atoms with Gasteiger partial charge in [0.1, 0.15) is 0 Å². The molecule has 0 amide bonds. The van der Waals surface area contributed by atoms with Crippen LogP contribution in [0.3, 0.4) is 0 Å². The van der Waals surface area contributed by atoms with Gasteiger partial charge in [-0.3, -0.25) is 0 Å². The number of para-hydroxylation sites is 1. The third kappa shape index (κ3) is 1.01. The number of aromatic nitrogens is 3. The Labute approximate surface area is 102 Å². The highest BCUT2D eigenvalue weighted by atomic mass is 16.2. The fourth-order valence-corrected chi connectivity index (χ4v) is 2.90. The third-order valence-electron chi connectivity index (χ3n) is 3.69. The molecule has 1 aromatic heterocycles. The highest BCUT2D eigenvalue weighted by Crippen LogP contribution is 2.35.